The maximum Gasteiger partial charge on any atom is 0.250 e. The van der Waals surface area contributed by atoms with Crippen molar-refractivity contribution in [3.63, 3.8) is 0 Å². The van der Waals surface area contributed by atoms with Crippen LogP contribution in [0.4, 0.5) is 11.4 Å². The van der Waals surface area contributed by atoms with Gasteiger partial charge in [-0.3, -0.25) is 19.3 Å². The molecule has 1 spiro atoms. The Labute approximate surface area is 185 Å². The molecule has 0 saturated carbocycles. The number of halogens is 1. The van der Waals surface area contributed by atoms with Crippen molar-refractivity contribution in [2.24, 2.45) is 11.8 Å². The van der Waals surface area contributed by atoms with E-state index in [1.54, 1.807) is 24.3 Å². The van der Waals surface area contributed by atoms with Gasteiger partial charge in [0.25, 0.3) is 0 Å². The third kappa shape index (κ3) is 2.19. The Morgan fingerprint density at radius 3 is 2.68 bits per heavy atom. The quantitative estimate of drug-likeness (QED) is 0.697. The fourth-order valence-corrected chi connectivity index (χ4v) is 6.71. The molecule has 7 heteroatoms. The molecule has 2 aromatic carbocycles. The standard InChI is InChI=1S/C24H22ClN3O3/c1-12-9-13(2)20-16(10-12)24(23(31)26-20)19-18(17-7-4-8-27(17)24)21(29)28(22(19)30)15-6-3-5-14(25)11-15/h3,5-6,9-11,17-19H,4,7-8H2,1-2H3,(H,26,31)/t17-,18+,19+,24-/m1/s1. The number of amides is 3. The van der Waals surface area contributed by atoms with Crippen LogP contribution in [0.25, 0.3) is 0 Å². The van der Waals surface area contributed by atoms with Gasteiger partial charge in [0.15, 0.2) is 0 Å². The second-order valence-electron chi connectivity index (χ2n) is 9.12. The number of rotatable bonds is 1. The number of carbonyl (C=O) groups excluding carboxylic acids is 3. The molecule has 4 aliphatic heterocycles. The summed E-state index contributed by atoms with van der Waals surface area (Å²) in [6, 6.07) is 10.7. The molecule has 4 heterocycles. The smallest absolute Gasteiger partial charge is 0.250 e. The number of nitrogens with zero attached hydrogens (tertiary/aromatic N) is 2. The molecule has 6 nitrogen and oxygen atoms in total. The van der Waals surface area contributed by atoms with E-state index in [4.69, 9.17) is 11.6 Å². The third-order valence-electron chi connectivity index (χ3n) is 7.51. The lowest BCUT2D eigenvalue weighted by Crippen LogP contribution is -2.54. The minimum Gasteiger partial charge on any atom is -0.324 e. The van der Waals surface area contributed by atoms with E-state index in [9.17, 15) is 14.4 Å². The van der Waals surface area contributed by atoms with Crippen molar-refractivity contribution in [2.45, 2.75) is 38.3 Å². The van der Waals surface area contributed by atoms with Gasteiger partial charge < -0.3 is 5.32 Å². The molecule has 6 rings (SSSR count). The van der Waals surface area contributed by atoms with Crippen molar-refractivity contribution in [1.29, 1.82) is 0 Å². The zero-order valence-corrected chi connectivity index (χ0v) is 18.1. The molecule has 0 aromatic heterocycles. The van der Waals surface area contributed by atoms with Gasteiger partial charge in [-0.1, -0.05) is 35.4 Å². The maximum atomic E-state index is 13.9. The predicted octanol–water partition coefficient (Wildman–Crippen LogP) is 3.39. The predicted molar refractivity (Wildman–Crippen MR) is 117 cm³/mol. The summed E-state index contributed by atoms with van der Waals surface area (Å²) >= 11 is 6.15. The number of benzene rings is 2. The van der Waals surface area contributed by atoms with Crippen LogP contribution in [0.3, 0.4) is 0 Å². The number of imide groups is 1. The Hall–Kier alpha value is -2.70. The lowest BCUT2D eigenvalue weighted by Gasteiger charge is -2.36. The average Bonchev–Trinajstić information content (AvgIpc) is 3.41. The summed E-state index contributed by atoms with van der Waals surface area (Å²) in [5.74, 6) is -2.01. The first kappa shape index (κ1) is 19.0. The van der Waals surface area contributed by atoms with Crippen molar-refractivity contribution >= 4 is 40.7 Å². The van der Waals surface area contributed by atoms with Crippen molar-refractivity contribution in [3.05, 3.63) is 58.1 Å². The third-order valence-corrected chi connectivity index (χ3v) is 7.74. The summed E-state index contributed by atoms with van der Waals surface area (Å²) in [7, 11) is 0. The summed E-state index contributed by atoms with van der Waals surface area (Å²) in [6.45, 7) is 4.67. The van der Waals surface area contributed by atoms with Crippen LogP contribution in [-0.2, 0) is 19.9 Å². The van der Waals surface area contributed by atoms with Crippen LogP contribution < -0.4 is 10.2 Å². The first-order valence-electron chi connectivity index (χ1n) is 10.7. The first-order chi connectivity index (χ1) is 14.9. The maximum absolute atomic E-state index is 13.9. The van der Waals surface area contributed by atoms with E-state index in [1.165, 1.54) is 4.90 Å². The second-order valence-corrected chi connectivity index (χ2v) is 9.56. The highest BCUT2D eigenvalue weighted by Crippen LogP contribution is 2.61. The van der Waals surface area contributed by atoms with Gasteiger partial charge >= 0.3 is 0 Å². The van der Waals surface area contributed by atoms with E-state index in [-0.39, 0.29) is 23.8 Å². The van der Waals surface area contributed by atoms with Crippen molar-refractivity contribution < 1.29 is 14.4 Å². The molecule has 4 aliphatic rings. The van der Waals surface area contributed by atoms with Crippen LogP contribution in [0.1, 0.15) is 29.5 Å². The summed E-state index contributed by atoms with van der Waals surface area (Å²) < 4.78 is 0. The highest BCUT2D eigenvalue weighted by Gasteiger charge is 2.74. The SMILES string of the molecule is Cc1cc(C)c2c(c1)[C@]1(C(=O)N2)[C@@H]2C(=O)N(c3cccc(Cl)c3)C(=O)[C@H]2[C@H]2CCCN21. The van der Waals surface area contributed by atoms with E-state index in [0.29, 0.717) is 17.3 Å². The number of carbonyl (C=O) groups is 3. The number of aryl methyl sites for hydroxylation is 2. The topological polar surface area (TPSA) is 69.7 Å². The van der Waals surface area contributed by atoms with Crippen LogP contribution in [0.2, 0.25) is 5.02 Å². The minimum atomic E-state index is -1.14. The van der Waals surface area contributed by atoms with Gasteiger partial charge in [-0.25, -0.2) is 4.90 Å². The van der Waals surface area contributed by atoms with Gasteiger partial charge in [0, 0.05) is 22.3 Å². The lowest BCUT2D eigenvalue weighted by molar-refractivity contribution is -0.135. The Kier molecular flexibility index (Phi) is 3.79. The van der Waals surface area contributed by atoms with Crippen LogP contribution in [0.15, 0.2) is 36.4 Å². The molecule has 1 N–H and O–H groups in total. The van der Waals surface area contributed by atoms with Gasteiger partial charge in [0.2, 0.25) is 17.7 Å². The molecule has 2 aromatic rings. The van der Waals surface area contributed by atoms with Crippen LogP contribution >= 0.6 is 11.6 Å². The van der Waals surface area contributed by atoms with Crippen LogP contribution in [0, 0.1) is 25.7 Å². The molecule has 0 unspecified atom stereocenters. The second kappa shape index (κ2) is 6.17. The number of fused-ring (bicyclic) bond motifs is 7. The molecule has 0 bridgehead atoms. The summed E-state index contributed by atoms with van der Waals surface area (Å²) in [6.07, 6.45) is 1.71. The molecule has 0 radical (unpaired) electrons. The van der Waals surface area contributed by atoms with Gasteiger partial charge in [0.05, 0.1) is 17.5 Å². The van der Waals surface area contributed by atoms with E-state index in [2.05, 4.69) is 10.2 Å². The highest BCUT2D eigenvalue weighted by atomic mass is 35.5. The van der Waals surface area contributed by atoms with Gasteiger partial charge in [-0.05, 0) is 57.0 Å². The molecular weight excluding hydrogens is 414 g/mol. The summed E-state index contributed by atoms with van der Waals surface area (Å²) in [5.41, 5.74) is 2.96. The molecule has 3 fully saturated rings. The number of nitrogens with one attached hydrogen (secondary N) is 1. The number of hydrogen-bond donors (Lipinski definition) is 1. The zero-order chi connectivity index (χ0) is 21.7. The van der Waals surface area contributed by atoms with Crippen molar-refractivity contribution in [2.75, 3.05) is 16.8 Å². The number of anilines is 2. The van der Waals surface area contributed by atoms with E-state index in [0.717, 1.165) is 35.2 Å². The molecule has 0 aliphatic carbocycles. The molecule has 3 amide bonds. The van der Waals surface area contributed by atoms with Gasteiger partial charge in [-0.2, -0.15) is 0 Å². The Morgan fingerprint density at radius 2 is 1.90 bits per heavy atom. The molecular formula is C24H22ClN3O3. The van der Waals surface area contributed by atoms with E-state index >= 15 is 0 Å². The van der Waals surface area contributed by atoms with Crippen LogP contribution in [0.5, 0.6) is 0 Å². The zero-order valence-electron chi connectivity index (χ0n) is 17.3. The Balaban J connectivity index is 1.58. The minimum absolute atomic E-state index is 0.122. The van der Waals surface area contributed by atoms with E-state index in [1.807, 2.05) is 26.0 Å². The highest BCUT2D eigenvalue weighted by molar-refractivity contribution is 6.31. The Morgan fingerprint density at radius 1 is 1.10 bits per heavy atom. The molecule has 4 atom stereocenters. The normalized spacial score (nSPS) is 31.4. The van der Waals surface area contributed by atoms with Gasteiger partial charge in [0.1, 0.15) is 5.54 Å². The fourth-order valence-electron chi connectivity index (χ4n) is 6.53. The number of hydrogen-bond acceptors (Lipinski definition) is 4. The Bertz CT molecular complexity index is 1190. The van der Waals surface area contributed by atoms with Gasteiger partial charge in [-0.15, -0.1) is 0 Å². The van der Waals surface area contributed by atoms with Crippen molar-refractivity contribution in [1.82, 2.24) is 4.90 Å². The lowest BCUT2D eigenvalue weighted by atomic mass is 9.75. The first-order valence-corrected chi connectivity index (χ1v) is 11.1. The van der Waals surface area contributed by atoms with E-state index < -0.39 is 17.4 Å². The summed E-state index contributed by atoms with van der Waals surface area (Å²) in [4.78, 5) is 44.6. The summed E-state index contributed by atoms with van der Waals surface area (Å²) in [5, 5.41) is 3.53. The molecule has 158 valence electrons. The monoisotopic (exact) mass is 435 g/mol. The average molecular weight is 436 g/mol. The molecule has 3 saturated heterocycles. The largest absolute Gasteiger partial charge is 0.324 e. The fraction of sp³-hybridized carbons (Fsp3) is 0.375. The molecule has 31 heavy (non-hydrogen) atoms. The van der Waals surface area contributed by atoms with Crippen LogP contribution in [-0.4, -0.2) is 35.2 Å². The van der Waals surface area contributed by atoms with Crippen molar-refractivity contribution in [3.8, 4) is 0 Å².